The van der Waals surface area contributed by atoms with Gasteiger partial charge in [0.2, 0.25) is 0 Å². The molecule has 0 spiro atoms. The second kappa shape index (κ2) is 4.91. The van der Waals surface area contributed by atoms with Gasteiger partial charge in [0.25, 0.3) is 0 Å². The van der Waals surface area contributed by atoms with Gasteiger partial charge in [-0.1, -0.05) is 38.0 Å². The van der Waals surface area contributed by atoms with Crippen LogP contribution in [-0.4, -0.2) is 6.54 Å². The van der Waals surface area contributed by atoms with E-state index in [1.54, 1.807) is 0 Å². The zero-order chi connectivity index (χ0) is 12.5. The number of fused-ring (bicyclic) bond motifs is 1. The molecule has 1 saturated carbocycles. The first kappa shape index (κ1) is 12.0. The molecule has 1 N–H and O–H groups in total. The number of benzene rings is 1. The van der Waals surface area contributed by atoms with Gasteiger partial charge in [-0.2, -0.15) is 0 Å². The van der Waals surface area contributed by atoms with Crippen molar-refractivity contribution >= 4 is 5.69 Å². The number of hydrogen-bond donors (Lipinski definition) is 1. The summed E-state index contributed by atoms with van der Waals surface area (Å²) < 4.78 is 14.8. The van der Waals surface area contributed by atoms with Crippen molar-refractivity contribution in [3.63, 3.8) is 0 Å². The molecular weight excluding hydrogens is 225 g/mol. The molecular formula is C16H22FN. The van der Waals surface area contributed by atoms with Crippen molar-refractivity contribution in [2.24, 2.45) is 11.8 Å². The predicted octanol–water partition coefficient (Wildman–Crippen LogP) is 4.49. The van der Waals surface area contributed by atoms with Crippen LogP contribution in [0, 0.1) is 11.8 Å². The van der Waals surface area contributed by atoms with E-state index in [4.69, 9.17) is 0 Å². The molecule has 1 aromatic carbocycles. The van der Waals surface area contributed by atoms with Gasteiger partial charge in [-0.15, -0.1) is 0 Å². The second-order valence-electron chi connectivity index (χ2n) is 5.98. The summed E-state index contributed by atoms with van der Waals surface area (Å²) in [5.41, 5.74) is 3.28. The molecule has 1 aliphatic heterocycles. The average Bonchev–Trinajstić information content (AvgIpc) is 2.87. The fourth-order valence-electron chi connectivity index (χ4n) is 3.43. The average molecular weight is 247 g/mol. The van der Waals surface area contributed by atoms with Gasteiger partial charge in [-0.05, 0) is 36.7 Å². The first-order valence-electron chi connectivity index (χ1n) is 7.25. The summed E-state index contributed by atoms with van der Waals surface area (Å²) in [5.74, 6) is 1.02. The van der Waals surface area contributed by atoms with E-state index in [1.165, 1.54) is 18.4 Å². The zero-order valence-electron chi connectivity index (χ0n) is 11.1. The van der Waals surface area contributed by atoms with Crippen LogP contribution < -0.4 is 5.32 Å². The second-order valence-corrected chi connectivity index (χ2v) is 5.98. The monoisotopic (exact) mass is 247 g/mol. The highest BCUT2D eigenvalue weighted by Gasteiger charge is 2.29. The van der Waals surface area contributed by atoms with Crippen LogP contribution in [0.5, 0.6) is 0 Å². The Balaban J connectivity index is 1.80. The first-order chi connectivity index (χ1) is 8.75. The Hall–Kier alpha value is -1.05. The lowest BCUT2D eigenvalue weighted by molar-refractivity contribution is 0.162. The summed E-state index contributed by atoms with van der Waals surface area (Å²) in [6.07, 6.45) is 4.73. The maximum Gasteiger partial charge on any atom is 0.130 e. The fourth-order valence-corrected chi connectivity index (χ4v) is 3.43. The summed E-state index contributed by atoms with van der Waals surface area (Å²) >= 11 is 0. The van der Waals surface area contributed by atoms with E-state index in [9.17, 15) is 4.39 Å². The molecule has 1 atom stereocenters. The predicted molar refractivity (Wildman–Crippen MR) is 73.6 cm³/mol. The number of para-hydroxylation sites is 1. The molecule has 1 aromatic rings. The first-order valence-corrected chi connectivity index (χ1v) is 7.25. The van der Waals surface area contributed by atoms with Crippen LogP contribution in [0.25, 0.3) is 0 Å². The van der Waals surface area contributed by atoms with Crippen molar-refractivity contribution in [2.75, 3.05) is 11.9 Å². The van der Waals surface area contributed by atoms with E-state index in [0.717, 1.165) is 43.0 Å². The third-order valence-corrected chi connectivity index (χ3v) is 4.65. The summed E-state index contributed by atoms with van der Waals surface area (Å²) in [5, 5.41) is 3.36. The van der Waals surface area contributed by atoms with Gasteiger partial charge < -0.3 is 5.32 Å². The fraction of sp³-hybridized carbons (Fsp3) is 0.625. The van der Waals surface area contributed by atoms with Crippen molar-refractivity contribution in [2.45, 2.75) is 45.2 Å². The summed E-state index contributed by atoms with van der Waals surface area (Å²) in [6, 6.07) is 6.10. The highest BCUT2D eigenvalue weighted by molar-refractivity contribution is 5.62. The third kappa shape index (κ3) is 2.13. The normalized spacial score (nSPS) is 28.6. The Morgan fingerprint density at radius 1 is 1.22 bits per heavy atom. The SMILES string of the molecule is CC1CCC(C(F)c2cccc3c2NCC3)CC1. The highest BCUT2D eigenvalue weighted by Crippen LogP contribution is 2.42. The molecule has 0 amide bonds. The molecule has 1 heterocycles. The van der Waals surface area contributed by atoms with E-state index in [-0.39, 0.29) is 5.92 Å². The van der Waals surface area contributed by atoms with Crippen LogP contribution in [0.3, 0.4) is 0 Å². The maximum absolute atomic E-state index is 14.8. The number of halogens is 1. The van der Waals surface area contributed by atoms with Gasteiger partial charge in [0.1, 0.15) is 6.17 Å². The molecule has 1 nitrogen and oxygen atoms in total. The molecule has 0 saturated heterocycles. The van der Waals surface area contributed by atoms with E-state index < -0.39 is 6.17 Å². The molecule has 2 aliphatic rings. The van der Waals surface area contributed by atoms with Crippen molar-refractivity contribution in [3.8, 4) is 0 Å². The Morgan fingerprint density at radius 3 is 2.78 bits per heavy atom. The number of nitrogens with one attached hydrogen (secondary N) is 1. The minimum Gasteiger partial charge on any atom is -0.384 e. The molecule has 3 rings (SSSR count). The molecule has 0 aromatic heterocycles. The van der Waals surface area contributed by atoms with Gasteiger partial charge in [0, 0.05) is 17.8 Å². The van der Waals surface area contributed by atoms with Gasteiger partial charge in [-0.25, -0.2) is 4.39 Å². The molecule has 1 aliphatic carbocycles. The third-order valence-electron chi connectivity index (χ3n) is 4.65. The van der Waals surface area contributed by atoms with Crippen molar-refractivity contribution < 1.29 is 4.39 Å². The molecule has 18 heavy (non-hydrogen) atoms. The van der Waals surface area contributed by atoms with E-state index in [0.29, 0.717) is 0 Å². The molecule has 0 radical (unpaired) electrons. The maximum atomic E-state index is 14.8. The van der Waals surface area contributed by atoms with Gasteiger partial charge >= 0.3 is 0 Å². The lowest BCUT2D eigenvalue weighted by Gasteiger charge is -2.29. The van der Waals surface area contributed by atoms with Crippen LogP contribution in [0.1, 0.15) is 49.9 Å². The Labute approximate surface area is 109 Å². The van der Waals surface area contributed by atoms with Gasteiger partial charge in [-0.3, -0.25) is 0 Å². The molecule has 2 heteroatoms. The topological polar surface area (TPSA) is 12.0 Å². The smallest absolute Gasteiger partial charge is 0.130 e. The summed E-state index contributed by atoms with van der Waals surface area (Å²) in [4.78, 5) is 0. The van der Waals surface area contributed by atoms with E-state index in [2.05, 4.69) is 18.3 Å². The zero-order valence-corrected chi connectivity index (χ0v) is 11.1. The number of alkyl halides is 1. The van der Waals surface area contributed by atoms with Crippen LogP contribution in [0.2, 0.25) is 0 Å². The molecule has 0 bridgehead atoms. The lowest BCUT2D eigenvalue weighted by atomic mass is 9.78. The highest BCUT2D eigenvalue weighted by atomic mass is 19.1. The van der Waals surface area contributed by atoms with Crippen LogP contribution in [0.15, 0.2) is 18.2 Å². The van der Waals surface area contributed by atoms with Crippen molar-refractivity contribution in [1.29, 1.82) is 0 Å². The quantitative estimate of drug-likeness (QED) is 0.811. The molecule has 1 fully saturated rings. The largest absolute Gasteiger partial charge is 0.384 e. The molecule has 98 valence electrons. The van der Waals surface area contributed by atoms with E-state index >= 15 is 0 Å². The minimum absolute atomic E-state index is 0.232. The summed E-state index contributed by atoms with van der Waals surface area (Å²) in [7, 11) is 0. The Bertz CT molecular complexity index is 421. The van der Waals surface area contributed by atoms with Crippen molar-refractivity contribution in [1.82, 2.24) is 0 Å². The van der Waals surface area contributed by atoms with E-state index in [1.807, 2.05) is 12.1 Å². The summed E-state index contributed by atoms with van der Waals surface area (Å²) in [6.45, 7) is 3.24. The van der Waals surface area contributed by atoms with Gasteiger partial charge in [0.05, 0.1) is 0 Å². The Kier molecular flexibility index (Phi) is 3.27. The number of rotatable bonds is 2. The van der Waals surface area contributed by atoms with Crippen LogP contribution >= 0.6 is 0 Å². The minimum atomic E-state index is -0.780. The number of anilines is 1. The standard InChI is InChI=1S/C16H22FN/c1-11-5-7-12(8-6-11)15(17)14-4-2-3-13-9-10-18-16(13)14/h2-4,11-12,15,18H,5-10H2,1H3. The van der Waals surface area contributed by atoms with Crippen LogP contribution in [-0.2, 0) is 6.42 Å². The lowest BCUT2D eigenvalue weighted by Crippen LogP contribution is -2.17. The number of hydrogen-bond acceptors (Lipinski definition) is 1. The van der Waals surface area contributed by atoms with Crippen molar-refractivity contribution in [3.05, 3.63) is 29.3 Å². The molecule has 1 unspecified atom stereocenters. The van der Waals surface area contributed by atoms with Crippen LogP contribution in [0.4, 0.5) is 10.1 Å². The Morgan fingerprint density at radius 2 is 2.00 bits per heavy atom. The van der Waals surface area contributed by atoms with Gasteiger partial charge in [0.15, 0.2) is 0 Å².